The summed E-state index contributed by atoms with van der Waals surface area (Å²) in [5, 5.41) is 12.8. The Morgan fingerprint density at radius 1 is 0.758 bits per heavy atom. The Morgan fingerprint density at radius 3 is 2.09 bits per heavy atom. The first kappa shape index (κ1) is 22.5. The van der Waals surface area contributed by atoms with E-state index in [-0.39, 0.29) is 5.75 Å². The quantitative estimate of drug-likeness (QED) is 0.357. The van der Waals surface area contributed by atoms with Crippen LogP contribution in [0.3, 0.4) is 0 Å². The number of aromatic hydroxyl groups is 1. The molecule has 1 aromatic heterocycles. The number of rotatable bonds is 6. The van der Waals surface area contributed by atoms with Crippen molar-refractivity contribution in [1.82, 2.24) is 0 Å². The second-order valence-corrected chi connectivity index (χ2v) is 7.95. The zero-order valence-electron chi connectivity index (χ0n) is 19.7. The van der Waals surface area contributed by atoms with Gasteiger partial charge in [0.15, 0.2) is 11.5 Å². The summed E-state index contributed by atoms with van der Waals surface area (Å²) in [7, 11) is 0. The fourth-order valence-electron chi connectivity index (χ4n) is 4.01. The van der Waals surface area contributed by atoms with E-state index in [1.165, 1.54) is 5.56 Å². The Hall–Kier alpha value is -3.73. The molecule has 0 saturated carbocycles. The maximum absolute atomic E-state index is 10.2. The van der Waals surface area contributed by atoms with Crippen LogP contribution in [0.4, 0.5) is 5.69 Å². The highest BCUT2D eigenvalue weighted by Gasteiger charge is 2.16. The van der Waals surface area contributed by atoms with Gasteiger partial charge < -0.3 is 19.0 Å². The minimum Gasteiger partial charge on any atom is -0.504 e. The third-order valence-corrected chi connectivity index (χ3v) is 5.52. The van der Waals surface area contributed by atoms with Gasteiger partial charge in [-0.2, -0.15) is 0 Å². The van der Waals surface area contributed by atoms with Crippen LogP contribution in [-0.2, 0) is 0 Å². The number of nitrogens with zero attached hydrogens (tertiary/aromatic N) is 1. The summed E-state index contributed by atoms with van der Waals surface area (Å²) >= 11 is 0. The maximum Gasteiger partial charge on any atom is 0.161 e. The maximum atomic E-state index is 10.2. The number of hydrogen-bond acceptors (Lipinski definition) is 5. The second-order valence-electron chi connectivity index (χ2n) is 7.95. The minimum atomic E-state index is 0.111. The van der Waals surface area contributed by atoms with Crippen molar-refractivity contribution in [3.05, 3.63) is 77.0 Å². The fourth-order valence-corrected chi connectivity index (χ4v) is 4.01. The number of ether oxygens (including phenoxy) is 2. The first-order chi connectivity index (χ1) is 15.9. The van der Waals surface area contributed by atoms with Crippen molar-refractivity contribution in [3.8, 4) is 28.4 Å². The average molecular weight is 444 g/mol. The van der Waals surface area contributed by atoms with Gasteiger partial charge in [-0.15, -0.1) is 0 Å². The summed E-state index contributed by atoms with van der Waals surface area (Å²) in [6.07, 6.45) is 0. The first-order valence-corrected chi connectivity index (χ1v) is 11.2. The molecule has 170 valence electrons. The van der Waals surface area contributed by atoms with Gasteiger partial charge in [-0.1, -0.05) is 23.8 Å². The van der Waals surface area contributed by atoms with Crippen LogP contribution in [0, 0.1) is 20.8 Å². The number of fused-ring (bicyclic) bond motifs is 1. The highest BCUT2D eigenvalue weighted by atomic mass is 16.5. The van der Waals surface area contributed by atoms with E-state index in [1.807, 2.05) is 76.2 Å². The first-order valence-electron chi connectivity index (χ1n) is 11.2. The summed E-state index contributed by atoms with van der Waals surface area (Å²) in [4.78, 5) is 4.99. The van der Waals surface area contributed by atoms with Crippen molar-refractivity contribution in [3.63, 3.8) is 0 Å². The molecule has 0 unspecified atom stereocenters. The van der Waals surface area contributed by atoms with Crippen molar-refractivity contribution in [2.24, 2.45) is 4.99 Å². The molecule has 0 aliphatic carbocycles. The van der Waals surface area contributed by atoms with Crippen molar-refractivity contribution in [1.29, 1.82) is 0 Å². The third kappa shape index (κ3) is 4.58. The normalized spacial score (nSPS) is 11.7. The van der Waals surface area contributed by atoms with E-state index in [2.05, 4.69) is 6.92 Å². The summed E-state index contributed by atoms with van der Waals surface area (Å²) in [6, 6.07) is 17.5. The van der Waals surface area contributed by atoms with E-state index >= 15 is 0 Å². The van der Waals surface area contributed by atoms with E-state index in [4.69, 9.17) is 18.9 Å². The average Bonchev–Trinajstić information content (AvgIpc) is 2.98. The van der Waals surface area contributed by atoms with Gasteiger partial charge in [0, 0.05) is 0 Å². The Balaban J connectivity index is 2.09. The molecule has 4 aromatic rings. The lowest BCUT2D eigenvalue weighted by atomic mass is 10.1. The van der Waals surface area contributed by atoms with Gasteiger partial charge in [0.05, 0.1) is 35.0 Å². The molecular weight excluding hydrogens is 414 g/mol. The summed E-state index contributed by atoms with van der Waals surface area (Å²) in [6.45, 7) is 10.8. The highest BCUT2D eigenvalue weighted by Crippen LogP contribution is 2.36. The van der Waals surface area contributed by atoms with E-state index in [0.29, 0.717) is 19.0 Å². The van der Waals surface area contributed by atoms with E-state index < -0.39 is 0 Å². The lowest BCUT2D eigenvalue weighted by Gasteiger charge is -2.09. The lowest BCUT2D eigenvalue weighted by molar-refractivity contribution is 0.318. The van der Waals surface area contributed by atoms with Gasteiger partial charge >= 0.3 is 0 Å². The van der Waals surface area contributed by atoms with Crippen LogP contribution >= 0.6 is 0 Å². The lowest BCUT2D eigenvalue weighted by Crippen LogP contribution is -2.00. The van der Waals surface area contributed by atoms with Gasteiger partial charge in [-0.25, -0.2) is 4.99 Å². The number of aryl methyl sites for hydroxylation is 3. The fraction of sp³-hybridized carbons (Fsp3) is 0.250. The number of benzene rings is 2. The van der Waals surface area contributed by atoms with E-state index in [0.717, 1.165) is 50.2 Å². The minimum absolute atomic E-state index is 0.111. The Labute approximate surface area is 194 Å². The van der Waals surface area contributed by atoms with Gasteiger partial charge in [0.1, 0.15) is 17.3 Å². The standard InChI is InChI=1S/C28H29NO4/c1-6-31-25-15-20(10-13-24(25)30)21-14-23(29-22-11-8-17(3)9-12-22)27-18(4)33-19(5)28(27)26(16-21)32-7-2/h8-16,30H,6-7H2,1-5H3. The zero-order valence-corrected chi connectivity index (χ0v) is 19.7. The van der Waals surface area contributed by atoms with E-state index in [9.17, 15) is 5.11 Å². The molecule has 0 aliphatic rings. The second kappa shape index (κ2) is 9.41. The molecule has 1 heterocycles. The summed E-state index contributed by atoms with van der Waals surface area (Å²) < 4.78 is 17.7. The molecular formula is C28H29NO4. The molecule has 0 saturated heterocycles. The predicted molar refractivity (Wildman–Crippen MR) is 132 cm³/mol. The van der Waals surface area contributed by atoms with Crippen molar-refractivity contribution in [2.75, 3.05) is 13.2 Å². The van der Waals surface area contributed by atoms with Gasteiger partial charge in [-0.3, -0.25) is 0 Å². The monoisotopic (exact) mass is 443 g/mol. The highest BCUT2D eigenvalue weighted by molar-refractivity contribution is 5.93. The van der Waals surface area contributed by atoms with Crippen LogP contribution < -0.4 is 14.8 Å². The number of phenols is 1. The largest absolute Gasteiger partial charge is 0.504 e. The molecule has 0 atom stereocenters. The smallest absolute Gasteiger partial charge is 0.161 e. The van der Waals surface area contributed by atoms with Gasteiger partial charge in [0.25, 0.3) is 0 Å². The summed E-state index contributed by atoms with van der Waals surface area (Å²) in [5.74, 6) is 2.86. The SMILES string of the molecule is CCOc1cc(-c2cc(OCC)c3c(C)oc(C)c3c(=Nc3ccc(C)cc3)c2)ccc1O. The molecule has 4 rings (SSSR count). The number of phenolic OH excluding ortho intramolecular Hbond substituents is 1. The molecule has 0 amide bonds. The molecule has 0 spiro atoms. The third-order valence-electron chi connectivity index (χ3n) is 5.52. The molecule has 3 aromatic carbocycles. The van der Waals surface area contributed by atoms with Crippen molar-refractivity contribution < 1.29 is 19.0 Å². The Bertz CT molecular complexity index is 1370. The van der Waals surface area contributed by atoms with Crippen molar-refractivity contribution >= 4 is 16.5 Å². The summed E-state index contributed by atoms with van der Waals surface area (Å²) in [5.41, 5.74) is 3.83. The molecule has 5 nitrogen and oxygen atoms in total. The molecule has 0 radical (unpaired) electrons. The Morgan fingerprint density at radius 2 is 1.39 bits per heavy atom. The predicted octanol–water partition coefficient (Wildman–Crippen LogP) is 6.76. The topological polar surface area (TPSA) is 64.2 Å². The van der Waals surface area contributed by atoms with Crippen LogP contribution in [0.2, 0.25) is 0 Å². The molecule has 0 bridgehead atoms. The molecule has 5 heteroatoms. The molecule has 1 N–H and O–H groups in total. The molecule has 0 fully saturated rings. The Kier molecular flexibility index (Phi) is 6.40. The van der Waals surface area contributed by atoms with Crippen LogP contribution in [0.25, 0.3) is 21.9 Å². The number of hydrogen-bond donors (Lipinski definition) is 1. The van der Waals surface area contributed by atoms with Crippen LogP contribution in [0.1, 0.15) is 30.9 Å². The molecule has 0 aliphatic heterocycles. The number of furan rings is 1. The van der Waals surface area contributed by atoms with Crippen LogP contribution in [0.5, 0.6) is 17.2 Å². The zero-order chi connectivity index (χ0) is 23.5. The van der Waals surface area contributed by atoms with Crippen LogP contribution in [-0.4, -0.2) is 18.3 Å². The van der Waals surface area contributed by atoms with E-state index in [1.54, 1.807) is 6.07 Å². The van der Waals surface area contributed by atoms with Gasteiger partial charge in [0.2, 0.25) is 0 Å². The molecule has 33 heavy (non-hydrogen) atoms. The van der Waals surface area contributed by atoms with Crippen molar-refractivity contribution in [2.45, 2.75) is 34.6 Å². The van der Waals surface area contributed by atoms with Crippen LogP contribution in [0.15, 0.2) is 64.0 Å². The van der Waals surface area contributed by atoms with Gasteiger partial charge in [-0.05, 0) is 82.1 Å².